The first-order valence-corrected chi connectivity index (χ1v) is 6.14. The van der Waals surface area contributed by atoms with Gasteiger partial charge in [0.05, 0.1) is 5.56 Å². The minimum atomic E-state index is -1.16. The summed E-state index contributed by atoms with van der Waals surface area (Å²) in [4.78, 5) is 22.9. The lowest BCUT2D eigenvalue weighted by molar-refractivity contribution is -0.138. The SMILES string of the molecule is CC(C)(C)OC(=O)c1cc(O)ccc1C[C@H](N)C(=O)O. The molecule has 0 aliphatic rings. The van der Waals surface area contributed by atoms with Crippen LogP contribution in [-0.4, -0.2) is 33.8 Å². The topological polar surface area (TPSA) is 110 Å². The normalized spacial score (nSPS) is 12.8. The van der Waals surface area contributed by atoms with Gasteiger partial charge < -0.3 is 20.7 Å². The lowest BCUT2D eigenvalue weighted by atomic mass is 10.00. The van der Waals surface area contributed by atoms with E-state index in [1.54, 1.807) is 20.8 Å². The molecule has 0 bridgehead atoms. The lowest BCUT2D eigenvalue weighted by Gasteiger charge is -2.21. The van der Waals surface area contributed by atoms with Gasteiger partial charge in [0.1, 0.15) is 17.4 Å². The van der Waals surface area contributed by atoms with Gasteiger partial charge in [0, 0.05) is 0 Å². The predicted octanol–water partition coefficient (Wildman–Crippen LogP) is 1.30. The zero-order valence-corrected chi connectivity index (χ0v) is 11.7. The van der Waals surface area contributed by atoms with Crippen LogP contribution in [-0.2, 0) is 16.0 Å². The van der Waals surface area contributed by atoms with Gasteiger partial charge in [-0.25, -0.2) is 4.79 Å². The van der Waals surface area contributed by atoms with Crippen molar-refractivity contribution in [3.63, 3.8) is 0 Å². The molecule has 0 aromatic heterocycles. The van der Waals surface area contributed by atoms with Gasteiger partial charge in [-0.15, -0.1) is 0 Å². The first-order valence-electron chi connectivity index (χ1n) is 6.14. The molecule has 6 heteroatoms. The van der Waals surface area contributed by atoms with Gasteiger partial charge in [-0.2, -0.15) is 0 Å². The summed E-state index contributed by atoms with van der Waals surface area (Å²) >= 11 is 0. The van der Waals surface area contributed by atoms with Crippen LogP contribution in [0.1, 0.15) is 36.7 Å². The van der Waals surface area contributed by atoms with Gasteiger partial charge in [0.25, 0.3) is 0 Å². The largest absolute Gasteiger partial charge is 0.508 e. The summed E-state index contributed by atoms with van der Waals surface area (Å²) in [5.41, 5.74) is 5.33. The van der Waals surface area contributed by atoms with Crippen molar-refractivity contribution in [3.05, 3.63) is 29.3 Å². The van der Waals surface area contributed by atoms with Crippen LogP contribution in [0.5, 0.6) is 5.75 Å². The second-order valence-corrected chi connectivity index (χ2v) is 5.49. The molecule has 0 radical (unpaired) electrons. The molecule has 0 aliphatic heterocycles. The Morgan fingerprint density at radius 3 is 2.45 bits per heavy atom. The molecule has 4 N–H and O–H groups in total. The average molecular weight is 281 g/mol. The number of hydrogen-bond acceptors (Lipinski definition) is 5. The molecule has 6 nitrogen and oxygen atoms in total. The third-order valence-corrected chi connectivity index (χ3v) is 2.47. The van der Waals surface area contributed by atoms with Gasteiger partial charge in [0.15, 0.2) is 0 Å². The first-order chi connectivity index (χ1) is 9.10. The fourth-order valence-electron chi connectivity index (χ4n) is 1.59. The number of hydrogen-bond donors (Lipinski definition) is 3. The molecule has 0 spiro atoms. The predicted molar refractivity (Wildman–Crippen MR) is 72.6 cm³/mol. The van der Waals surface area contributed by atoms with Crippen molar-refractivity contribution in [1.82, 2.24) is 0 Å². The van der Waals surface area contributed by atoms with Crippen LogP contribution >= 0.6 is 0 Å². The van der Waals surface area contributed by atoms with Gasteiger partial charge >= 0.3 is 11.9 Å². The van der Waals surface area contributed by atoms with E-state index >= 15 is 0 Å². The van der Waals surface area contributed by atoms with E-state index in [-0.39, 0.29) is 17.7 Å². The maximum atomic E-state index is 12.1. The number of esters is 1. The molecular formula is C14H19NO5. The second kappa shape index (κ2) is 5.92. The molecule has 0 fully saturated rings. The number of phenolic OH excluding ortho intramolecular Hbond substituents is 1. The molecule has 0 amide bonds. The van der Waals surface area contributed by atoms with Crippen molar-refractivity contribution in [2.75, 3.05) is 0 Å². The number of nitrogens with two attached hydrogens (primary N) is 1. The zero-order chi connectivity index (χ0) is 15.5. The Kier molecular flexibility index (Phi) is 4.73. The molecule has 20 heavy (non-hydrogen) atoms. The Balaban J connectivity index is 3.07. The number of carboxylic acids is 1. The van der Waals surface area contributed by atoms with E-state index in [2.05, 4.69) is 0 Å². The number of ether oxygens (including phenoxy) is 1. The number of aromatic hydroxyl groups is 1. The van der Waals surface area contributed by atoms with Gasteiger partial charge in [0.2, 0.25) is 0 Å². The summed E-state index contributed by atoms with van der Waals surface area (Å²) in [5, 5.41) is 18.3. The van der Waals surface area contributed by atoms with Crippen molar-refractivity contribution in [2.24, 2.45) is 5.73 Å². The highest BCUT2D eigenvalue weighted by molar-refractivity contribution is 5.92. The standard InChI is InChI=1S/C14H19NO5/c1-14(2,3)20-13(19)10-7-9(16)5-4-8(10)6-11(15)12(17)18/h4-5,7,11,16H,6,15H2,1-3H3,(H,17,18)/t11-/m0/s1. The van der Waals surface area contributed by atoms with E-state index in [9.17, 15) is 14.7 Å². The smallest absolute Gasteiger partial charge is 0.339 e. The molecule has 1 aromatic carbocycles. The van der Waals surface area contributed by atoms with E-state index < -0.39 is 23.6 Å². The van der Waals surface area contributed by atoms with Crippen molar-refractivity contribution in [3.8, 4) is 5.75 Å². The number of carboxylic acid groups (broad SMARTS) is 1. The van der Waals surface area contributed by atoms with Crippen molar-refractivity contribution in [2.45, 2.75) is 38.8 Å². The molecule has 0 heterocycles. The van der Waals surface area contributed by atoms with Crippen LogP contribution in [0.15, 0.2) is 18.2 Å². The quantitative estimate of drug-likeness (QED) is 0.718. The summed E-state index contributed by atoms with van der Waals surface area (Å²) in [6.07, 6.45) is -0.0236. The Morgan fingerprint density at radius 2 is 1.95 bits per heavy atom. The zero-order valence-electron chi connectivity index (χ0n) is 11.7. The van der Waals surface area contributed by atoms with Gasteiger partial charge in [-0.3, -0.25) is 4.79 Å². The van der Waals surface area contributed by atoms with E-state index in [1.165, 1.54) is 18.2 Å². The first kappa shape index (κ1) is 16.0. The molecule has 1 aromatic rings. The van der Waals surface area contributed by atoms with Gasteiger partial charge in [-0.1, -0.05) is 6.07 Å². The highest BCUT2D eigenvalue weighted by Gasteiger charge is 2.23. The van der Waals surface area contributed by atoms with E-state index in [0.29, 0.717) is 5.56 Å². The number of aliphatic carboxylic acids is 1. The average Bonchev–Trinajstić information content (AvgIpc) is 2.28. The molecule has 0 unspecified atom stereocenters. The fourth-order valence-corrected chi connectivity index (χ4v) is 1.59. The second-order valence-electron chi connectivity index (χ2n) is 5.49. The maximum absolute atomic E-state index is 12.1. The molecule has 0 aliphatic carbocycles. The molecule has 0 saturated carbocycles. The third-order valence-electron chi connectivity index (χ3n) is 2.47. The summed E-state index contributed by atoms with van der Waals surface area (Å²) in [6, 6.07) is 2.97. The Morgan fingerprint density at radius 1 is 1.35 bits per heavy atom. The van der Waals surface area contributed by atoms with Crippen LogP contribution in [0.3, 0.4) is 0 Å². The monoisotopic (exact) mass is 281 g/mol. The Labute approximate surface area is 117 Å². The number of carbonyl (C=O) groups is 2. The lowest BCUT2D eigenvalue weighted by Crippen LogP contribution is -2.33. The van der Waals surface area contributed by atoms with Crippen LogP contribution in [0.2, 0.25) is 0 Å². The number of rotatable bonds is 4. The van der Waals surface area contributed by atoms with E-state index in [1.807, 2.05) is 0 Å². The van der Waals surface area contributed by atoms with Crippen molar-refractivity contribution < 1.29 is 24.5 Å². The highest BCUT2D eigenvalue weighted by Crippen LogP contribution is 2.21. The van der Waals surface area contributed by atoms with Crippen LogP contribution < -0.4 is 5.73 Å². The summed E-state index contributed by atoms with van der Waals surface area (Å²) in [7, 11) is 0. The summed E-state index contributed by atoms with van der Waals surface area (Å²) < 4.78 is 5.22. The molecule has 110 valence electrons. The molecule has 1 atom stereocenters. The van der Waals surface area contributed by atoms with E-state index in [0.717, 1.165) is 0 Å². The highest BCUT2D eigenvalue weighted by atomic mass is 16.6. The summed E-state index contributed by atoms with van der Waals surface area (Å²) in [6.45, 7) is 5.16. The number of carbonyl (C=O) groups excluding carboxylic acids is 1. The third kappa shape index (κ3) is 4.55. The van der Waals surface area contributed by atoms with Crippen LogP contribution in [0, 0.1) is 0 Å². The molecule has 0 saturated heterocycles. The van der Waals surface area contributed by atoms with Crippen LogP contribution in [0.25, 0.3) is 0 Å². The maximum Gasteiger partial charge on any atom is 0.339 e. The summed E-state index contributed by atoms with van der Waals surface area (Å²) in [5.74, 6) is -1.88. The minimum Gasteiger partial charge on any atom is -0.508 e. The number of phenols is 1. The Hall–Kier alpha value is -2.08. The van der Waals surface area contributed by atoms with Gasteiger partial charge in [-0.05, 0) is 44.9 Å². The minimum absolute atomic E-state index is 0.0236. The molecule has 1 rings (SSSR count). The van der Waals surface area contributed by atoms with E-state index in [4.69, 9.17) is 15.6 Å². The van der Waals surface area contributed by atoms with Crippen molar-refractivity contribution in [1.29, 1.82) is 0 Å². The fraction of sp³-hybridized carbons (Fsp3) is 0.429. The van der Waals surface area contributed by atoms with Crippen molar-refractivity contribution >= 4 is 11.9 Å². The van der Waals surface area contributed by atoms with Crippen LogP contribution in [0.4, 0.5) is 0 Å². The number of benzene rings is 1. The Bertz CT molecular complexity index is 519. The molecular weight excluding hydrogens is 262 g/mol.